The van der Waals surface area contributed by atoms with Crippen molar-refractivity contribution in [2.75, 3.05) is 13.2 Å². The first-order valence-electron chi connectivity index (χ1n) is 5.59. The van der Waals surface area contributed by atoms with Gasteiger partial charge in [-0.15, -0.1) is 0 Å². The molecule has 0 atom stereocenters. The van der Waals surface area contributed by atoms with E-state index < -0.39 is 16.2 Å². The number of hydrogen-bond donors (Lipinski definition) is 2. The van der Waals surface area contributed by atoms with Crippen molar-refractivity contribution in [2.24, 2.45) is 5.41 Å². The second-order valence-electron chi connectivity index (χ2n) is 4.96. The Bertz CT molecular complexity index is 503. The van der Waals surface area contributed by atoms with E-state index in [-0.39, 0.29) is 24.4 Å². The zero-order chi connectivity index (χ0) is 14.6. The van der Waals surface area contributed by atoms with E-state index in [1.54, 1.807) is 13.8 Å². The molecule has 19 heavy (non-hydrogen) atoms. The van der Waals surface area contributed by atoms with Gasteiger partial charge in [-0.1, -0.05) is 29.8 Å². The van der Waals surface area contributed by atoms with Crippen LogP contribution in [-0.2, 0) is 0 Å². The minimum atomic E-state index is -0.556. The van der Waals surface area contributed by atoms with E-state index in [0.29, 0.717) is 4.47 Å². The number of nitro benzene ring substituents is 1. The van der Waals surface area contributed by atoms with Gasteiger partial charge in [0.15, 0.2) is 0 Å². The van der Waals surface area contributed by atoms with E-state index in [4.69, 9.17) is 5.11 Å². The zero-order valence-corrected chi connectivity index (χ0v) is 12.2. The monoisotopic (exact) mass is 330 g/mol. The van der Waals surface area contributed by atoms with Crippen LogP contribution in [0, 0.1) is 15.5 Å². The van der Waals surface area contributed by atoms with Gasteiger partial charge in [0.2, 0.25) is 0 Å². The summed E-state index contributed by atoms with van der Waals surface area (Å²) in [6, 6.07) is 4.05. The van der Waals surface area contributed by atoms with Gasteiger partial charge in [-0.2, -0.15) is 0 Å². The number of nitro groups is 1. The predicted molar refractivity (Wildman–Crippen MR) is 74.0 cm³/mol. The summed E-state index contributed by atoms with van der Waals surface area (Å²) in [6.07, 6.45) is 0. The number of rotatable bonds is 5. The smallest absolute Gasteiger partial charge is 0.271 e. The average molecular weight is 331 g/mol. The Morgan fingerprint density at radius 1 is 1.47 bits per heavy atom. The lowest BCUT2D eigenvalue weighted by Gasteiger charge is -2.21. The Morgan fingerprint density at radius 2 is 2.11 bits per heavy atom. The Morgan fingerprint density at radius 3 is 2.63 bits per heavy atom. The van der Waals surface area contributed by atoms with E-state index in [9.17, 15) is 14.9 Å². The van der Waals surface area contributed by atoms with Crippen LogP contribution < -0.4 is 5.32 Å². The van der Waals surface area contributed by atoms with Crippen LogP contribution in [0.15, 0.2) is 22.7 Å². The second-order valence-corrected chi connectivity index (χ2v) is 5.88. The summed E-state index contributed by atoms with van der Waals surface area (Å²) in [7, 11) is 0. The van der Waals surface area contributed by atoms with E-state index in [2.05, 4.69) is 21.2 Å². The largest absolute Gasteiger partial charge is 0.396 e. The van der Waals surface area contributed by atoms with Crippen molar-refractivity contribution in [3.63, 3.8) is 0 Å². The molecule has 7 heteroatoms. The minimum Gasteiger partial charge on any atom is -0.396 e. The van der Waals surface area contributed by atoms with Crippen LogP contribution >= 0.6 is 15.9 Å². The molecule has 104 valence electrons. The van der Waals surface area contributed by atoms with Crippen LogP contribution in [0.25, 0.3) is 0 Å². The second kappa shape index (κ2) is 6.12. The minimum absolute atomic E-state index is 0.0636. The normalized spacial score (nSPS) is 11.2. The number of aliphatic hydroxyl groups excluding tert-OH is 1. The Hall–Kier alpha value is -1.47. The molecule has 1 rings (SSSR count). The predicted octanol–water partition coefficient (Wildman–Crippen LogP) is 2.11. The van der Waals surface area contributed by atoms with Gasteiger partial charge in [0.05, 0.1) is 4.92 Å². The van der Waals surface area contributed by atoms with Gasteiger partial charge in [-0.3, -0.25) is 14.9 Å². The fraction of sp³-hybridized carbons (Fsp3) is 0.417. The highest BCUT2D eigenvalue weighted by molar-refractivity contribution is 9.10. The first kappa shape index (κ1) is 15.6. The molecule has 6 nitrogen and oxygen atoms in total. The third kappa shape index (κ3) is 4.60. The fourth-order valence-corrected chi connectivity index (χ4v) is 1.77. The maximum Gasteiger partial charge on any atom is 0.271 e. The summed E-state index contributed by atoms with van der Waals surface area (Å²) in [5, 5.41) is 22.4. The molecule has 0 saturated heterocycles. The molecular weight excluding hydrogens is 316 g/mol. The Labute approximate surface area is 119 Å². The summed E-state index contributed by atoms with van der Waals surface area (Å²) in [5.41, 5.74) is -0.385. The molecule has 0 fully saturated rings. The van der Waals surface area contributed by atoms with Gasteiger partial charge in [0.25, 0.3) is 11.6 Å². The lowest BCUT2D eigenvalue weighted by Crippen LogP contribution is -2.36. The SMILES string of the molecule is CC(C)(CO)CNC(=O)c1cc(Br)cc([N+](=O)[O-])c1. The van der Waals surface area contributed by atoms with Crippen LogP contribution in [0.5, 0.6) is 0 Å². The number of carbonyl (C=O) groups is 1. The lowest BCUT2D eigenvalue weighted by atomic mass is 9.95. The molecule has 0 unspecified atom stereocenters. The summed E-state index contributed by atoms with van der Waals surface area (Å²) >= 11 is 3.13. The highest BCUT2D eigenvalue weighted by atomic mass is 79.9. The van der Waals surface area contributed by atoms with E-state index in [0.717, 1.165) is 0 Å². The van der Waals surface area contributed by atoms with Crippen molar-refractivity contribution >= 4 is 27.5 Å². The van der Waals surface area contributed by atoms with E-state index >= 15 is 0 Å². The Balaban J connectivity index is 2.85. The topological polar surface area (TPSA) is 92.5 Å². The molecule has 0 bridgehead atoms. The van der Waals surface area contributed by atoms with Gasteiger partial charge in [0, 0.05) is 40.7 Å². The molecule has 0 saturated carbocycles. The lowest BCUT2D eigenvalue weighted by molar-refractivity contribution is -0.385. The molecule has 0 aliphatic rings. The molecule has 0 heterocycles. The number of hydrogen-bond acceptors (Lipinski definition) is 4. The molecule has 1 amide bonds. The van der Waals surface area contributed by atoms with Crippen molar-refractivity contribution in [3.8, 4) is 0 Å². The van der Waals surface area contributed by atoms with Crippen molar-refractivity contribution in [1.29, 1.82) is 0 Å². The van der Waals surface area contributed by atoms with Crippen molar-refractivity contribution in [1.82, 2.24) is 5.32 Å². The molecule has 0 aliphatic carbocycles. The van der Waals surface area contributed by atoms with Crippen molar-refractivity contribution in [2.45, 2.75) is 13.8 Å². The summed E-state index contributed by atoms with van der Waals surface area (Å²) in [5.74, 6) is -0.411. The number of amides is 1. The first-order valence-corrected chi connectivity index (χ1v) is 6.38. The molecule has 1 aromatic carbocycles. The molecule has 1 aromatic rings. The van der Waals surface area contributed by atoms with Gasteiger partial charge in [-0.05, 0) is 6.07 Å². The maximum absolute atomic E-state index is 11.9. The van der Waals surface area contributed by atoms with Crippen LogP contribution in [-0.4, -0.2) is 29.1 Å². The van der Waals surface area contributed by atoms with Crippen LogP contribution in [0.3, 0.4) is 0 Å². The number of non-ortho nitro benzene ring substituents is 1. The van der Waals surface area contributed by atoms with Crippen molar-refractivity contribution in [3.05, 3.63) is 38.3 Å². The summed E-state index contributed by atoms with van der Waals surface area (Å²) in [6.45, 7) is 3.82. The highest BCUT2D eigenvalue weighted by Gasteiger charge is 2.19. The fourth-order valence-electron chi connectivity index (χ4n) is 1.29. The first-order chi connectivity index (χ1) is 8.75. The standard InChI is InChI=1S/C12H15BrN2O4/c1-12(2,7-16)6-14-11(17)8-3-9(13)5-10(4-8)15(18)19/h3-5,16H,6-7H2,1-2H3,(H,14,17). The summed E-state index contributed by atoms with van der Waals surface area (Å²) in [4.78, 5) is 22.1. The summed E-state index contributed by atoms with van der Waals surface area (Å²) < 4.78 is 0.466. The van der Waals surface area contributed by atoms with Gasteiger partial charge in [0.1, 0.15) is 0 Å². The number of nitrogens with one attached hydrogen (secondary N) is 1. The molecule has 0 aliphatic heterocycles. The molecule has 0 spiro atoms. The molecular formula is C12H15BrN2O4. The molecule has 0 radical (unpaired) electrons. The number of halogens is 1. The molecule has 0 aromatic heterocycles. The third-order valence-electron chi connectivity index (χ3n) is 2.51. The number of aliphatic hydroxyl groups is 1. The highest BCUT2D eigenvalue weighted by Crippen LogP contribution is 2.21. The third-order valence-corrected chi connectivity index (χ3v) is 2.97. The quantitative estimate of drug-likeness (QED) is 0.638. The maximum atomic E-state index is 11.9. The van der Waals surface area contributed by atoms with Gasteiger partial charge in [-0.25, -0.2) is 0 Å². The number of carbonyl (C=O) groups excluding carboxylic acids is 1. The number of benzene rings is 1. The van der Waals surface area contributed by atoms with Gasteiger partial charge < -0.3 is 10.4 Å². The number of nitrogens with zero attached hydrogens (tertiary/aromatic N) is 1. The Kier molecular flexibility index (Phi) is 5.02. The van der Waals surface area contributed by atoms with Crippen molar-refractivity contribution < 1.29 is 14.8 Å². The molecule has 2 N–H and O–H groups in total. The van der Waals surface area contributed by atoms with E-state index in [1.165, 1.54) is 18.2 Å². The van der Waals surface area contributed by atoms with Crippen LogP contribution in [0.1, 0.15) is 24.2 Å². The van der Waals surface area contributed by atoms with Crippen LogP contribution in [0.2, 0.25) is 0 Å². The van der Waals surface area contributed by atoms with E-state index in [1.807, 2.05) is 0 Å². The van der Waals surface area contributed by atoms with Crippen LogP contribution in [0.4, 0.5) is 5.69 Å². The van der Waals surface area contributed by atoms with Gasteiger partial charge >= 0.3 is 0 Å². The average Bonchev–Trinajstić information content (AvgIpc) is 2.35. The zero-order valence-electron chi connectivity index (χ0n) is 10.6.